The summed E-state index contributed by atoms with van der Waals surface area (Å²) >= 11 is 0. The highest BCUT2D eigenvalue weighted by Crippen LogP contribution is 2.32. The SMILES string of the molecule is COc1ccc(CN(C(=O)CCc2ccccc2)C(Cc2ccccc2)C(=O)NCc2ccc3c(c2)OCO3)cc1. The van der Waals surface area contributed by atoms with Gasteiger partial charge in [-0.05, 0) is 52.9 Å². The van der Waals surface area contributed by atoms with Crippen LogP contribution in [-0.4, -0.2) is 36.7 Å². The summed E-state index contributed by atoms with van der Waals surface area (Å²) in [5, 5.41) is 3.07. The molecule has 1 unspecified atom stereocenters. The van der Waals surface area contributed by atoms with Crippen molar-refractivity contribution >= 4 is 11.8 Å². The predicted octanol–water partition coefficient (Wildman–Crippen LogP) is 5.31. The quantitative estimate of drug-likeness (QED) is 0.259. The van der Waals surface area contributed by atoms with Gasteiger partial charge in [0.15, 0.2) is 11.5 Å². The second-order valence-corrected chi connectivity index (χ2v) is 9.97. The number of ether oxygens (including phenoxy) is 3. The Kier molecular flexibility index (Phi) is 9.16. The van der Waals surface area contributed by atoms with Gasteiger partial charge in [-0.25, -0.2) is 0 Å². The lowest BCUT2D eigenvalue weighted by atomic mass is 10.0. The van der Waals surface area contributed by atoms with E-state index in [0.29, 0.717) is 43.9 Å². The molecule has 0 saturated carbocycles. The number of nitrogens with zero attached hydrogens (tertiary/aromatic N) is 1. The number of carbonyl (C=O) groups is 2. The van der Waals surface area contributed by atoms with Gasteiger partial charge in [0, 0.05) is 25.9 Å². The van der Waals surface area contributed by atoms with Crippen molar-refractivity contribution in [2.75, 3.05) is 13.9 Å². The molecule has 5 rings (SSSR count). The molecule has 0 radical (unpaired) electrons. The van der Waals surface area contributed by atoms with Crippen LogP contribution in [0.25, 0.3) is 0 Å². The van der Waals surface area contributed by atoms with E-state index in [0.717, 1.165) is 28.0 Å². The second-order valence-electron chi connectivity index (χ2n) is 9.97. The number of aryl methyl sites for hydroxylation is 1. The van der Waals surface area contributed by atoms with Crippen LogP contribution in [0.3, 0.4) is 0 Å². The summed E-state index contributed by atoms with van der Waals surface area (Å²) in [5.74, 6) is 1.79. The third kappa shape index (κ3) is 7.45. The van der Waals surface area contributed by atoms with E-state index in [1.54, 1.807) is 12.0 Å². The maximum absolute atomic E-state index is 13.9. The topological polar surface area (TPSA) is 77.1 Å². The average Bonchev–Trinajstić information content (AvgIpc) is 3.50. The monoisotopic (exact) mass is 550 g/mol. The fraction of sp³-hybridized carbons (Fsp3) is 0.235. The highest BCUT2D eigenvalue weighted by molar-refractivity contribution is 5.88. The zero-order chi connectivity index (χ0) is 28.4. The fourth-order valence-electron chi connectivity index (χ4n) is 4.88. The second kappa shape index (κ2) is 13.5. The Morgan fingerprint density at radius 1 is 0.805 bits per heavy atom. The summed E-state index contributed by atoms with van der Waals surface area (Å²) < 4.78 is 16.2. The van der Waals surface area contributed by atoms with E-state index in [2.05, 4.69) is 5.32 Å². The van der Waals surface area contributed by atoms with Gasteiger partial charge < -0.3 is 24.4 Å². The van der Waals surface area contributed by atoms with Gasteiger partial charge in [0.05, 0.1) is 7.11 Å². The first-order valence-corrected chi connectivity index (χ1v) is 13.8. The van der Waals surface area contributed by atoms with Gasteiger partial charge in [-0.2, -0.15) is 0 Å². The lowest BCUT2D eigenvalue weighted by Crippen LogP contribution is -2.50. The van der Waals surface area contributed by atoms with Crippen molar-refractivity contribution in [2.24, 2.45) is 0 Å². The number of rotatable bonds is 12. The smallest absolute Gasteiger partial charge is 0.243 e. The third-order valence-corrected chi connectivity index (χ3v) is 7.16. The minimum absolute atomic E-state index is 0.0798. The van der Waals surface area contributed by atoms with Crippen LogP contribution in [0.15, 0.2) is 103 Å². The molecule has 1 heterocycles. The van der Waals surface area contributed by atoms with Crippen molar-refractivity contribution in [1.82, 2.24) is 10.2 Å². The normalized spacial score (nSPS) is 12.4. The van der Waals surface area contributed by atoms with Gasteiger partial charge in [-0.15, -0.1) is 0 Å². The third-order valence-electron chi connectivity index (χ3n) is 7.16. The summed E-state index contributed by atoms with van der Waals surface area (Å²) in [6, 6.07) is 32.2. The molecular weight excluding hydrogens is 516 g/mol. The Labute approximate surface area is 240 Å². The maximum Gasteiger partial charge on any atom is 0.243 e. The standard InChI is InChI=1S/C34H34N2O5/c1-39-29-16-12-27(13-17-29)23-36(33(37)19-15-25-8-4-2-5-9-25)30(20-26-10-6-3-7-11-26)34(38)35-22-28-14-18-31-32(21-28)41-24-40-31/h2-14,16-18,21,30H,15,19-20,22-24H2,1H3,(H,35,38). The number of benzene rings is 4. The van der Waals surface area contributed by atoms with E-state index in [-0.39, 0.29) is 18.6 Å². The molecule has 0 aliphatic carbocycles. The molecule has 1 aliphatic rings. The molecule has 4 aromatic carbocycles. The predicted molar refractivity (Wildman–Crippen MR) is 157 cm³/mol. The van der Waals surface area contributed by atoms with Crippen molar-refractivity contribution < 1.29 is 23.8 Å². The van der Waals surface area contributed by atoms with Crippen LogP contribution in [0, 0.1) is 0 Å². The molecule has 0 aromatic heterocycles. The Bertz CT molecular complexity index is 1440. The minimum atomic E-state index is -0.711. The van der Waals surface area contributed by atoms with Crippen LogP contribution >= 0.6 is 0 Å². The van der Waals surface area contributed by atoms with Gasteiger partial charge in [-0.3, -0.25) is 9.59 Å². The molecule has 1 N–H and O–H groups in total. The first kappa shape index (κ1) is 27.8. The van der Waals surface area contributed by atoms with Crippen LogP contribution in [0.2, 0.25) is 0 Å². The molecule has 0 bridgehead atoms. The average molecular weight is 551 g/mol. The maximum atomic E-state index is 13.9. The first-order valence-electron chi connectivity index (χ1n) is 13.8. The summed E-state index contributed by atoms with van der Waals surface area (Å²) in [5.41, 5.74) is 3.86. The highest BCUT2D eigenvalue weighted by atomic mass is 16.7. The number of hydrogen-bond acceptors (Lipinski definition) is 5. The summed E-state index contributed by atoms with van der Waals surface area (Å²) in [6.45, 7) is 0.789. The van der Waals surface area contributed by atoms with E-state index in [1.165, 1.54) is 0 Å². The van der Waals surface area contributed by atoms with Gasteiger partial charge in [0.25, 0.3) is 0 Å². The molecule has 1 atom stereocenters. The minimum Gasteiger partial charge on any atom is -0.497 e. The number of nitrogens with one attached hydrogen (secondary N) is 1. The fourth-order valence-corrected chi connectivity index (χ4v) is 4.88. The van der Waals surface area contributed by atoms with Crippen LogP contribution in [0.1, 0.15) is 28.7 Å². The molecule has 41 heavy (non-hydrogen) atoms. The molecule has 4 aromatic rings. The number of fused-ring (bicyclic) bond motifs is 1. The lowest BCUT2D eigenvalue weighted by Gasteiger charge is -2.32. The Morgan fingerprint density at radius 3 is 2.17 bits per heavy atom. The van der Waals surface area contributed by atoms with Crippen molar-refractivity contribution in [3.05, 3.63) is 125 Å². The van der Waals surface area contributed by atoms with Crippen molar-refractivity contribution in [1.29, 1.82) is 0 Å². The Morgan fingerprint density at radius 2 is 1.46 bits per heavy atom. The van der Waals surface area contributed by atoms with Crippen molar-refractivity contribution in [3.8, 4) is 17.2 Å². The van der Waals surface area contributed by atoms with Gasteiger partial charge in [0.2, 0.25) is 18.6 Å². The number of methoxy groups -OCH3 is 1. The van der Waals surface area contributed by atoms with E-state index < -0.39 is 6.04 Å². The van der Waals surface area contributed by atoms with E-state index in [9.17, 15) is 9.59 Å². The van der Waals surface area contributed by atoms with Gasteiger partial charge >= 0.3 is 0 Å². The zero-order valence-electron chi connectivity index (χ0n) is 23.1. The molecule has 0 spiro atoms. The van der Waals surface area contributed by atoms with Crippen molar-refractivity contribution in [3.63, 3.8) is 0 Å². The Hall–Kier alpha value is -4.78. The summed E-state index contributed by atoms with van der Waals surface area (Å²) in [6.07, 6.45) is 1.28. The Balaban J connectivity index is 1.39. The molecule has 0 fully saturated rings. The van der Waals surface area contributed by atoms with Gasteiger partial charge in [0.1, 0.15) is 11.8 Å². The number of hydrogen-bond donors (Lipinski definition) is 1. The lowest BCUT2D eigenvalue weighted by molar-refractivity contribution is -0.141. The van der Waals surface area contributed by atoms with Crippen LogP contribution in [0.5, 0.6) is 17.2 Å². The van der Waals surface area contributed by atoms with E-state index in [1.807, 2.05) is 103 Å². The molecule has 1 aliphatic heterocycles. The van der Waals surface area contributed by atoms with Crippen LogP contribution in [-0.2, 0) is 35.5 Å². The largest absolute Gasteiger partial charge is 0.497 e. The first-order chi connectivity index (χ1) is 20.1. The van der Waals surface area contributed by atoms with E-state index in [4.69, 9.17) is 14.2 Å². The summed E-state index contributed by atoms with van der Waals surface area (Å²) in [7, 11) is 1.62. The van der Waals surface area contributed by atoms with Crippen molar-refractivity contribution in [2.45, 2.75) is 38.4 Å². The summed E-state index contributed by atoms with van der Waals surface area (Å²) in [4.78, 5) is 29.5. The van der Waals surface area contributed by atoms with E-state index >= 15 is 0 Å². The zero-order valence-corrected chi connectivity index (χ0v) is 23.1. The molecule has 2 amide bonds. The van der Waals surface area contributed by atoms with Gasteiger partial charge in [-0.1, -0.05) is 78.9 Å². The number of amides is 2. The molecule has 0 saturated heterocycles. The highest BCUT2D eigenvalue weighted by Gasteiger charge is 2.30. The molecule has 210 valence electrons. The molecular formula is C34H34N2O5. The van der Waals surface area contributed by atoms with Crippen LogP contribution in [0.4, 0.5) is 0 Å². The molecule has 7 nitrogen and oxygen atoms in total. The van der Waals surface area contributed by atoms with Crippen LogP contribution < -0.4 is 19.5 Å². The molecule has 7 heteroatoms. The number of carbonyl (C=O) groups excluding carboxylic acids is 2.